The van der Waals surface area contributed by atoms with Crippen LogP contribution in [0.1, 0.15) is 116 Å². The van der Waals surface area contributed by atoms with Crippen molar-refractivity contribution in [1.29, 1.82) is 0 Å². The van der Waals surface area contributed by atoms with Crippen LogP contribution in [0.2, 0.25) is 0 Å². The fourth-order valence-electron chi connectivity index (χ4n) is 8.16. The molecule has 2 aromatic rings. The molecule has 2 aliphatic carbocycles. The van der Waals surface area contributed by atoms with Crippen LogP contribution in [-0.2, 0) is 42.2 Å². The van der Waals surface area contributed by atoms with Crippen molar-refractivity contribution in [1.82, 2.24) is 25.4 Å². The van der Waals surface area contributed by atoms with E-state index in [1.165, 1.54) is 40.7 Å². The average Bonchev–Trinajstić information content (AvgIpc) is 3.62. The minimum atomic E-state index is -0.943. The molecule has 4 bridgehead atoms. The summed E-state index contributed by atoms with van der Waals surface area (Å²) < 4.78 is 0. The summed E-state index contributed by atoms with van der Waals surface area (Å²) in [7, 11) is 0. The second kappa shape index (κ2) is 22.6. The Bertz CT molecular complexity index is 1540. The van der Waals surface area contributed by atoms with Gasteiger partial charge in [-0.2, -0.15) is 10.1 Å². The van der Waals surface area contributed by atoms with E-state index in [-0.39, 0.29) is 51.0 Å². The van der Waals surface area contributed by atoms with E-state index in [0.717, 1.165) is 56.1 Å². The van der Waals surface area contributed by atoms with Gasteiger partial charge in [-0.05, 0) is 62.5 Å². The van der Waals surface area contributed by atoms with Gasteiger partial charge in [0, 0.05) is 13.1 Å². The van der Waals surface area contributed by atoms with Crippen LogP contribution in [-0.4, -0.2) is 98.4 Å². The zero-order chi connectivity index (χ0) is 38.6. The van der Waals surface area contributed by atoms with Gasteiger partial charge in [0.25, 0.3) is 5.91 Å². The molecule has 0 aromatic heterocycles. The number of rotatable bonds is 11. The van der Waals surface area contributed by atoms with Gasteiger partial charge in [-0.25, -0.2) is 25.8 Å². The maximum absolute atomic E-state index is 12.7. The highest BCUT2D eigenvalue weighted by molar-refractivity contribution is 5.88. The fraction of sp³-hybridized carbons (Fsp3) is 0.619. The molecule has 57 heavy (non-hydrogen) atoms. The van der Waals surface area contributed by atoms with Crippen molar-refractivity contribution in [2.75, 3.05) is 13.1 Å². The molecule has 316 valence electrons. The summed E-state index contributed by atoms with van der Waals surface area (Å²) in [6, 6.07) is 17.5. The zero-order valence-corrected chi connectivity index (χ0v) is 31.5. The number of carboxylic acid groups (broad SMARTS) is 1. The molecule has 0 unspecified atom stereocenters. The Kier molecular flexibility index (Phi) is 18.0. The number of nitrogens with one attached hydrogen (secondary N) is 1. The maximum Gasteiger partial charge on any atom is 0.345 e. The molecular formula is C42H64N6O9. The van der Waals surface area contributed by atoms with Crippen LogP contribution >= 0.6 is 0 Å². The van der Waals surface area contributed by atoms with Crippen molar-refractivity contribution in [3.05, 3.63) is 71.8 Å². The number of nitrogens with two attached hydrogens (primary N) is 1. The Morgan fingerprint density at radius 2 is 1.07 bits per heavy atom. The van der Waals surface area contributed by atoms with Crippen molar-refractivity contribution in [2.24, 2.45) is 5.90 Å². The van der Waals surface area contributed by atoms with E-state index in [0.29, 0.717) is 51.7 Å². The van der Waals surface area contributed by atoms with Crippen LogP contribution in [0, 0.1) is 0 Å². The number of hydroxylamine groups is 5. The Morgan fingerprint density at radius 3 is 1.51 bits per heavy atom. The van der Waals surface area contributed by atoms with Gasteiger partial charge in [0.1, 0.15) is 25.3 Å². The molecule has 6 aliphatic rings. The van der Waals surface area contributed by atoms with E-state index in [1.54, 1.807) is 4.90 Å². The molecular weight excluding hydrogens is 732 g/mol. The van der Waals surface area contributed by atoms with Crippen LogP contribution < -0.4 is 11.4 Å². The predicted molar refractivity (Wildman–Crippen MR) is 213 cm³/mol. The smallest absolute Gasteiger partial charge is 0.345 e. The van der Waals surface area contributed by atoms with E-state index in [1.807, 2.05) is 60.7 Å². The first-order valence-corrected chi connectivity index (χ1v) is 19.9. The number of carboxylic acids is 1. The molecule has 15 nitrogen and oxygen atoms in total. The van der Waals surface area contributed by atoms with E-state index in [2.05, 4.69) is 5.48 Å². The van der Waals surface area contributed by atoms with Crippen molar-refractivity contribution in [3.8, 4) is 0 Å². The number of piperidine rings is 2. The first kappa shape index (κ1) is 45.4. The van der Waals surface area contributed by atoms with Gasteiger partial charge in [0.15, 0.2) is 0 Å². The monoisotopic (exact) mass is 796 g/mol. The lowest BCUT2D eigenvalue weighted by Gasteiger charge is -2.30. The molecule has 0 radical (unpaired) electrons. The van der Waals surface area contributed by atoms with Crippen molar-refractivity contribution < 1.29 is 43.6 Å². The highest BCUT2D eigenvalue weighted by Crippen LogP contribution is 2.32. The molecule has 15 heteroatoms. The number of fused-ring (bicyclic) bond motifs is 4. The fourth-order valence-corrected chi connectivity index (χ4v) is 8.16. The van der Waals surface area contributed by atoms with Gasteiger partial charge in [0.05, 0.1) is 24.3 Å². The molecule has 2 saturated carbocycles. The largest absolute Gasteiger partial charge is 0.480 e. The van der Waals surface area contributed by atoms with Crippen LogP contribution in [0.5, 0.6) is 0 Å². The number of carbonyl (C=O) groups excluding carboxylic acids is 3. The number of nitrogens with zero attached hydrogens (tertiary/aromatic N) is 4. The number of carbonyl (C=O) groups is 4. The molecule has 6 fully saturated rings. The molecule has 0 spiro atoms. The average molecular weight is 797 g/mol. The highest BCUT2D eigenvalue weighted by Gasteiger charge is 2.49. The van der Waals surface area contributed by atoms with Gasteiger partial charge in [-0.3, -0.25) is 19.3 Å². The molecule has 5 amide bonds. The number of amides is 5. The lowest BCUT2D eigenvalue weighted by molar-refractivity contribution is -0.145. The summed E-state index contributed by atoms with van der Waals surface area (Å²) in [6.45, 7) is 1.62. The van der Waals surface area contributed by atoms with Gasteiger partial charge in [-0.1, -0.05) is 114 Å². The predicted octanol–water partition coefficient (Wildman–Crippen LogP) is 6.72. The van der Waals surface area contributed by atoms with Gasteiger partial charge in [-0.15, -0.1) is 0 Å². The summed E-state index contributed by atoms with van der Waals surface area (Å²) >= 11 is 0. The summed E-state index contributed by atoms with van der Waals surface area (Å²) in [4.78, 5) is 73.3. The van der Waals surface area contributed by atoms with E-state index in [9.17, 15) is 19.2 Å². The minimum Gasteiger partial charge on any atom is -0.480 e. The summed E-state index contributed by atoms with van der Waals surface area (Å²) in [6.07, 6.45) is 14.7. The van der Waals surface area contributed by atoms with Gasteiger partial charge < -0.3 is 19.7 Å². The first-order valence-electron chi connectivity index (χ1n) is 19.9. The van der Waals surface area contributed by atoms with Crippen LogP contribution in [0.15, 0.2) is 60.7 Å². The maximum atomic E-state index is 12.7. The number of aliphatic carboxylic acids is 1. The third-order valence-corrected chi connectivity index (χ3v) is 11.3. The Morgan fingerprint density at radius 1 is 0.632 bits per heavy atom. The molecule has 4 aliphatic heterocycles. The Labute approximate surface area is 337 Å². The Hall–Kier alpha value is -4.28. The molecule has 4 heterocycles. The van der Waals surface area contributed by atoms with Crippen molar-refractivity contribution >= 4 is 23.9 Å². The molecule has 4 N–H and O–H groups in total. The Balaban J connectivity index is 0.000000211. The van der Waals surface area contributed by atoms with Crippen LogP contribution in [0.25, 0.3) is 0 Å². The van der Waals surface area contributed by atoms with Crippen LogP contribution in [0.3, 0.4) is 0 Å². The quantitative estimate of drug-likeness (QED) is 0.207. The summed E-state index contributed by atoms with van der Waals surface area (Å²) in [5.41, 5.74) is 4.60. The van der Waals surface area contributed by atoms with E-state index < -0.39 is 18.1 Å². The third kappa shape index (κ3) is 12.1. The number of hydrogen-bond acceptors (Lipinski definition) is 9. The van der Waals surface area contributed by atoms with Crippen molar-refractivity contribution in [2.45, 2.75) is 154 Å². The number of benzene rings is 2. The van der Waals surface area contributed by atoms with Gasteiger partial charge in [0.2, 0.25) is 0 Å². The molecule has 4 saturated heterocycles. The van der Waals surface area contributed by atoms with Crippen molar-refractivity contribution in [3.63, 3.8) is 0 Å². The van der Waals surface area contributed by atoms with E-state index in [4.69, 9.17) is 30.4 Å². The summed E-state index contributed by atoms with van der Waals surface area (Å²) in [5.74, 6) is 3.84. The zero-order valence-electron chi connectivity index (χ0n) is 31.5. The molecule has 4 atom stereocenters. The lowest BCUT2D eigenvalue weighted by Crippen LogP contribution is -2.50. The molecule has 2 aromatic carbocycles. The number of urea groups is 2. The minimum absolute atomic E-state index is 0. The molecule has 8 rings (SSSR count). The number of hydrogen-bond donors (Lipinski definition) is 3. The lowest BCUT2D eigenvalue weighted by atomic mass is 9.98. The highest BCUT2D eigenvalue weighted by atomic mass is 16.7. The van der Waals surface area contributed by atoms with Gasteiger partial charge >= 0.3 is 18.0 Å². The normalized spacial score (nSPS) is 24.3. The van der Waals surface area contributed by atoms with Crippen LogP contribution in [0.4, 0.5) is 9.59 Å². The second-order valence-electron chi connectivity index (χ2n) is 15.1. The first-order chi connectivity index (χ1) is 26.8. The SMILES string of the molecule is C.C.NOC1CCCCC1.O=C(NOC1CCCCC1)[C@@H]1CC[C@@H]2CN1C(=O)N2OCc1ccccc1.O=C(O)[C@@H]1CC[C@@H]2CN1C(=O)N2OCc1ccccc1. The summed E-state index contributed by atoms with van der Waals surface area (Å²) in [5, 5.41) is 11.9. The topological polar surface area (TPSA) is 176 Å². The standard InChI is InChI=1S/C20H27N3O4.C14H16N2O4.C6H13NO.2CH4/c24-19(21-27-17-9-5-2-6-10-17)18-12-11-16-13-22(18)20(25)23(16)26-14-15-7-3-1-4-8-15;17-13(18)12-7-6-11-8-15(12)14(19)16(11)20-9-10-4-2-1-3-5-10;7-8-6-4-2-1-3-5-6;;/h1,3-4,7-8,16-18H,2,5-6,9-14H2,(H,21,24);1-5,11-12H,6-9H2,(H,17,18);6H,1-5,7H2;2*1H4/t16-,18+;11-,12+;;;/m11.../s1. The second-order valence-corrected chi connectivity index (χ2v) is 15.1. The van der Waals surface area contributed by atoms with E-state index >= 15 is 0 Å². The third-order valence-electron chi connectivity index (χ3n) is 11.3.